The molecule has 0 aromatic heterocycles. The fourth-order valence-electron chi connectivity index (χ4n) is 1.21. The molecule has 0 aliphatic rings. The summed E-state index contributed by atoms with van der Waals surface area (Å²) in [7, 11) is 1.68. The third kappa shape index (κ3) is 2.60. The summed E-state index contributed by atoms with van der Waals surface area (Å²) in [4.78, 5) is 0. The van der Waals surface area contributed by atoms with E-state index in [1.807, 2.05) is 31.2 Å². The van der Waals surface area contributed by atoms with Crippen LogP contribution in [0.4, 0.5) is 0 Å². The zero-order valence-corrected chi connectivity index (χ0v) is 8.08. The molecule has 1 aromatic rings. The van der Waals surface area contributed by atoms with E-state index in [0.29, 0.717) is 6.54 Å². The second kappa shape index (κ2) is 4.67. The van der Waals surface area contributed by atoms with Crippen LogP contribution in [-0.2, 0) is 0 Å². The number of ether oxygens (including phenoxy) is 1. The SMILES string of the molecule is COc1ccc(C=CCN)cc1C. The number of methoxy groups -OCH3 is 1. The third-order valence-electron chi connectivity index (χ3n) is 1.87. The largest absolute Gasteiger partial charge is 0.496 e. The summed E-state index contributed by atoms with van der Waals surface area (Å²) in [6, 6.07) is 6.05. The second-order valence-electron chi connectivity index (χ2n) is 2.87. The molecule has 0 saturated carbocycles. The van der Waals surface area contributed by atoms with Crippen molar-refractivity contribution in [3.63, 3.8) is 0 Å². The lowest BCUT2D eigenvalue weighted by Gasteiger charge is -2.04. The smallest absolute Gasteiger partial charge is 0.121 e. The van der Waals surface area contributed by atoms with E-state index in [9.17, 15) is 0 Å². The Balaban J connectivity index is 2.89. The normalized spacial score (nSPS) is 10.7. The molecular formula is C11H15NO. The quantitative estimate of drug-likeness (QED) is 0.766. The molecule has 1 aromatic carbocycles. The van der Waals surface area contributed by atoms with Crippen LogP contribution in [0.5, 0.6) is 5.75 Å². The van der Waals surface area contributed by atoms with Gasteiger partial charge < -0.3 is 10.5 Å². The van der Waals surface area contributed by atoms with Crippen LogP contribution in [0.25, 0.3) is 6.08 Å². The molecule has 0 atom stereocenters. The first-order valence-corrected chi connectivity index (χ1v) is 4.29. The van der Waals surface area contributed by atoms with Gasteiger partial charge in [-0.15, -0.1) is 0 Å². The summed E-state index contributed by atoms with van der Waals surface area (Å²) < 4.78 is 5.16. The van der Waals surface area contributed by atoms with Crippen LogP contribution in [0.3, 0.4) is 0 Å². The van der Waals surface area contributed by atoms with Crippen molar-refractivity contribution in [2.24, 2.45) is 5.73 Å². The van der Waals surface area contributed by atoms with Gasteiger partial charge in [0.05, 0.1) is 7.11 Å². The first-order valence-electron chi connectivity index (χ1n) is 4.29. The Hall–Kier alpha value is -1.28. The Kier molecular flexibility index (Phi) is 3.53. The molecule has 0 fully saturated rings. The van der Waals surface area contributed by atoms with Gasteiger partial charge in [0.15, 0.2) is 0 Å². The predicted molar refractivity (Wildman–Crippen MR) is 55.8 cm³/mol. The van der Waals surface area contributed by atoms with Crippen molar-refractivity contribution in [2.45, 2.75) is 6.92 Å². The Morgan fingerprint density at radius 1 is 1.46 bits per heavy atom. The Morgan fingerprint density at radius 2 is 2.23 bits per heavy atom. The van der Waals surface area contributed by atoms with E-state index in [4.69, 9.17) is 10.5 Å². The Bertz CT molecular complexity index is 305. The first-order chi connectivity index (χ1) is 6.27. The van der Waals surface area contributed by atoms with Gasteiger partial charge in [-0.05, 0) is 30.2 Å². The first kappa shape index (κ1) is 9.81. The van der Waals surface area contributed by atoms with E-state index in [-0.39, 0.29) is 0 Å². The molecular weight excluding hydrogens is 162 g/mol. The van der Waals surface area contributed by atoms with Crippen LogP contribution in [-0.4, -0.2) is 13.7 Å². The second-order valence-corrected chi connectivity index (χ2v) is 2.87. The van der Waals surface area contributed by atoms with Crippen LogP contribution in [0.2, 0.25) is 0 Å². The van der Waals surface area contributed by atoms with Gasteiger partial charge in [-0.3, -0.25) is 0 Å². The van der Waals surface area contributed by atoms with Crippen molar-refractivity contribution in [3.05, 3.63) is 35.4 Å². The minimum absolute atomic E-state index is 0.574. The highest BCUT2D eigenvalue weighted by Crippen LogP contribution is 2.18. The van der Waals surface area contributed by atoms with E-state index in [0.717, 1.165) is 16.9 Å². The average molecular weight is 177 g/mol. The lowest BCUT2D eigenvalue weighted by Crippen LogP contribution is -1.92. The summed E-state index contributed by atoms with van der Waals surface area (Å²) >= 11 is 0. The lowest BCUT2D eigenvalue weighted by atomic mass is 10.1. The third-order valence-corrected chi connectivity index (χ3v) is 1.87. The van der Waals surface area contributed by atoms with Crippen molar-refractivity contribution < 1.29 is 4.74 Å². The zero-order valence-electron chi connectivity index (χ0n) is 8.08. The molecule has 70 valence electrons. The molecule has 2 N–H and O–H groups in total. The van der Waals surface area contributed by atoms with Crippen LogP contribution >= 0.6 is 0 Å². The molecule has 0 unspecified atom stereocenters. The molecule has 0 bridgehead atoms. The summed E-state index contributed by atoms with van der Waals surface area (Å²) in [5.41, 5.74) is 7.66. The fourth-order valence-corrected chi connectivity index (χ4v) is 1.21. The van der Waals surface area contributed by atoms with E-state index >= 15 is 0 Å². The Labute approximate surface area is 79.0 Å². The summed E-state index contributed by atoms with van der Waals surface area (Å²) in [5.74, 6) is 0.921. The molecule has 0 aliphatic carbocycles. The maximum atomic E-state index is 5.36. The van der Waals surface area contributed by atoms with Gasteiger partial charge >= 0.3 is 0 Å². The average Bonchev–Trinajstić information content (AvgIpc) is 2.15. The predicted octanol–water partition coefficient (Wildman–Crippen LogP) is 1.98. The lowest BCUT2D eigenvalue weighted by molar-refractivity contribution is 0.411. The molecule has 0 spiro atoms. The highest BCUT2D eigenvalue weighted by atomic mass is 16.5. The molecule has 0 aliphatic heterocycles. The van der Waals surface area contributed by atoms with Crippen molar-refractivity contribution in [3.8, 4) is 5.75 Å². The zero-order chi connectivity index (χ0) is 9.68. The van der Waals surface area contributed by atoms with Crippen molar-refractivity contribution in [2.75, 3.05) is 13.7 Å². The van der Waals surface area contributed by atoms with Crippen LogP contribution < -0.4 is 10.5 Å². The highest BCUT2D eigenvalue weighted by Gasteiger charge is 1.96. The minimum atomic E-state index is 0.574. The van der Waals surface area contributed by atoms with E-state index in [2.05, 4.69) is 6.07 Å². The van der Waals surface area contributed by atoms with Gasteiger partial charge in [-0.1, -0.05) is 18.2 Å². The number of nitrogens with two attached hydrogens (primary N) is 1. The molecule has 2 nitrogen and oxygen atoms in total. The van der Waals surface area contributed by atoms with E-state index < -0.39 is 0 Å². The van der Waals surface area contributed by atoms with Crippen LogP contribution in [0.1, 0.15) is 11.1 Å². The maximum absolute atomic E-state index is 5.36. The number of aryl methyl sites for hydroxylation is 1. The number of hydrogen-bond donors (Lipinski definition) is 1. The number of benzene rings is 1. The summed E-state index contributed by atoms with van der Waals surface area (Å²) in [6.07, 6.45) is 3.94. The topological polar surface area (TPSA) is 35.2 Å². The molecule has 0 saturated heterocycles. The van der Waals surface area contributed by atoms with Gasteiger partial charge in [0.1, 0.15) is 5.75 Å². The van der Waals surface area contributed by atoms with Crippen LogP contribution in [0.15, 0.2) is 24.3 Å². The van der Waals surface area contributed by atoms with Gasteiger partial charge in [0, 0.05) is 6.54 Å². The molecule has 13 heavy (non-hydrogen) atoms. The van der Waals surface area contributed by atoms with Gasteiger partial charge in [0.25, 0.3) is 0 Å². The van der Waals surface area contributed by atoms with Gasteiger partial charge in [-0.2, -0.15) is 0 Å². The minimum Gasteiger partial charge on any atom is -0.496 e. The summed E-state index contributed by atoms with van der Waals surface area (Å²) in [5, 5.41) is 0. The van der Waals surface area contributed by atoms with Crippen LogP contribution in [0, 0.1) is 6.92 Å². The molecule has 0 radical (unpaired) electrons. The van der Waals surface area contributed by atoms with Crippen molar-refractivity contribution in [1.29, 1.82) is 0 Å². The molecule has 0 heterocycles. The number of hydrogen-bond acceptors (Lipinski definition) is 2. The Morgan fingerprint density at radius 3 is 2.77 bits per heavy atom. The van der Waals surface area contributed by atoms with Crippen molar-refractivity contribution >= 4 is 6.08 Å². The monoisotopic (exact) mass is 177 g/mol. The maximum Gasteiger partial charge on any atom is 0.121 e. The highest BCUT2D eigenvalue weighted by molar-refractivity contribution is 5.53. The van der Waals surface area contributed by atoms with E-state index in [1.54, 1.807) is 7.11 Å². The van der Waals surface area contributed by atoms with E-state index in [1.165, 1.54) is 0 Å². The summed E-state index contributed by atoms with van der Waals surface area (Å²) in [6.45, 7) is 2.60. The van der Waals surface area contributed by atoms with Gasteiger partial charge in [0.2, 0.25) is 0 Å². The van der Waals surface area contributed by atoms with Crippen molar-refractivity contribution in [1.82, 2.24) is 0 Å². The molecule has 1 rings (SSSR count). The standard InChI is InChI=1S/C11H15NO/c1-9-8-10(4-3-7-12)5-6-11(9)13-2/h3-6,8H,7,12H2,1-2H3. The molecule has 2 heteroatoms. The van der Waals surface area contributed by atoms with Gasteiger partial charge in [-0.25, -0.2) is 0 Å². The fraction of sp³-hybridized carbons (Fsp3) is 0.273. The molecule has 0 amide bonds. The number of rotatable bonds is 3.